The number of aryl methyl sites for hydroxylation is 1. The average molecular weight is 265 g/mol. The van der Waals surface area contributed by atoms with Crippen molar-refractivity contribution in [2.24, 2.45) is 0 Å². The maximum absolute atomic E-state index is 11.9. The maximum Gasteiger partial charge on any atom is 0.251 e. The lowest BCUT2D eigenvalue weighted by Gasteiger charge is -2.08. The largest absolute Gasteiger partial charge is 0.352 e. The van der Waals surface area contributed by atoms with Gasteiger partial charge in [0.1, 0.15) is 0 Å². The van der Waals surface area contributed by atoms with Crippen molar-refractivity contribution < 1.29 is 4.79 Å². The van der Waals surface area contributed by atoms with E-state index in [2.05, 4.69) is 43.1 Å². The third-order valence-corrected chi connectivity index (χ3v) is 3.21. The van der Waals surface area contributed by atoms with Gasteiger partial charge in [0, 0.05) is 12.1 Å². The fourth-order valence-corrected chi connectivity index (χ4v) is 1.95. The first kappa shape index (κ1) is 14.1. The molecule has 0 radical (unpaired) electrons. The predicted molar refractivity (Wildman–Crippen MR) is 83.6 cm³/mol. The Bertz CT molecular complexity index is 585. The lowest BCUT2D eigenvalue weighted by atomic mass is 10.0. The van der Waals surface area contributed by atoms with Crippen molar-refractivity contribution >= 4 is 11.5 Å². The highest BCUT2D eigenvalue weighted by Crippen LogP contribution is 2.16. The molecule has 1 amide bonds. The highest BCUT2D eigenvalue weighted by molar-refractivity contribution is 5.94. The van der Waals surface area contributed by atoms with Gasteiger partial charge in [0.25, 0.3) is 5.91 Å². The molecule has 0 aliphatic carbocycles. The van der Waals surface area contributed by atoms with Crippen molar-refractivity contribution in [3.8, 4) is 0 Å². The second-order valence-electron chi connectivity index (χ2n) is 4.84. The van der Waals surface area contributed by atoms with Crippen molar-refractivity contribution in [1.82, 2.24) is 5.32 Å². The van der Waals surface area contributed by atoms with Gasteiger partial charge in [0.15, 0.2) is 0 Å². The molecule has 2 rings (SSSR count). The Morgan fingerprint density at radius 1 is 1.00 bits per heavy atom. The lowest BCUT2D eigenvalue weighted by Crippen LogP contribution is -2.24. The molecule has 20 heavy (non-hydrogen) atoms. The van der Waals surface area contributed by atoms with Crippen LogP contribution < -0.4 is 5.32 Å². The normalized spacial score (nSPS) is 10.1. The number of amides is 1. The third-order valence-electron chi connectivity index (χ3n) is 3.21. The van der Waals surface area contributed by atoms with E-state index >= 15 is 0 Å². The van der Waals surface area contributed by atoms with E-state index in [-0.39, 0.29) is 5.91 Å². The molecule has 0 aliphatic rings. The summed E-state index contributed by atoms with van der Waals surface area (Å²) in [7, 11) is 0. The molecule has 0 unspecified atom stereocenters. The van der Waals surface area contributed by atoms with Crippen LogP contribution in [-0.2, 0) is 0 Å². The molecule has 0 saturated heterocycles. The van der Waals surface area contributed by atoms with Gasteiger partial charge in [0.05, 0.1) is 0 Å². The molecule has 0 bridgehead atoms. The standard InChI is InChI=1S/C18H19NO/c1-14-8-10-16(11-9-14)15(2)12-13-19-18(20)17-6-4-3-5-7-17/h3-11H,2,12-13H2,1H3,(H,19,20). The van der Waals surface area contributed by atoms with Crippen LogP contribution in [0, 0.1) is 6.92 Å². The Labute approximate surface area is 120 Å². The summed E-state index contributed by atoms with van der Waals surface area (Å²) >= 11 is 0. The first-order valence-corrected chi connectivity index (χ1v) is 6.75. The Balaban J connectivity index is 1.83. The topological polar surface area (TPSA) is 29.1 Å². The van der Waals surface area contributed by atoms with Gasteiger partial charge in [-0.3, -0.25) is 4.79 Å². The van der Waals surface area contributed by atoms with E-state index in [1.54, 1.807) is 0 Å². The van der Waals surface area contributed by atoms with Gasteiger partial charge in [-0.15, -0.1) is 0 Å². The molecule has 2 heteroatoms. The molecule has 102 valence electrons. The zero-order valence-corrected chi connectivity index (χ0v) is 11.7. The van der Waals surface area contributed by atoms with Crippen molar-refractivity contribution in [2.75, 3.05) is 6.54 Å². The molecule has 0 heterocycles. The number of benzene rings is 2. The van der Waals surface area contributed by atoms with E-state index in [9.17, 15) is 4.79 Å². The van der Waals surface area contributed by atoms with E-state index in [1.165, 1.54) is 5.56 Å². The summed E-state index contributed by atoms with van der Waals surface area (Å²) in [5.41, 5.74) is 4.09. The SMILES string of the molecule is C=C(CCNC(=O)c1ccccc1)c1ccc(C)cc1. The number of hydrogen-bond acceptors (Lipinski definition) is 1. The molecule has 1 N–H and O–H groups in total. The highest BCUT2D eigenvalue weighted by Gasteiger charge is 2.04. The summed E-state index contributed by atoms with van der Waals surface area (Å²) in [6.45, 7) is 6.73. The van der Waals surface area contributed by atoms with Gasteiger partial charge < -0.3 is 5.32 Å². The molecule has 0 saturated carbocycles. The minimum atomic E-state index is -0.0395. The minimum absolute atomic E-state index is 0.0395. The summed E-state index contributed by atoms with van der Waals surface area (Å²) in [4.78, 5) is 11.9. The number of nitrogens with one attached hydrogen (secondary N) is 1. The van der Waals surface area contributed by atoms with E-state index in [4.69, 9.17) is 0 Å². The lowest BCUT2D eigenvalue weighted by molar-refractivity contribution is 0.0954. The number of carbonyl (C=O) groups excluding carboxylic acids is 1. The quantitative estimate of drug-likeness (QED) is 0.874. The van der Waals surface area contributed by atoms with E-state index in [0.29, 0.717) is 12.1 Å². The number of rotatable bonds is 5. The van der Waals surface area contributed by atoms with Gasteiger partial charge >= 0.3 is 0 Å². The van der Waals surface area contributed by atoms with Gasteiger partial charge in [-0.05, 0) is 36.6 Å². The van der Waals surface area contributed by atoms with Crippen molar-refractivity contribution in [3.05, 3.63) is 77.9 Å². The average Bonchev–Trinajstić information content (AvgIpc) is 2.48. The van der Waals surface area contributed by atoms with Crippen molar-refractivity contribution in [2.45, 2.75) is 13.3 Å². The molecule has 2 aromatic rings. The molecule has 0 spiro atoms. The second kappa shape index (κ2) is 6.71. The molecule has 2 aromatic carbocycles. The second-order valence-corrected chi connectivity index (χ2v) is 4.84. The summed E-state index contributed by atoms with van der Waals surface area (Å²) in [5, 5.41) is 2.91. The molecule has 0 aliphatic heterocycles. The monoisotopic (exact) mass is 265 g/mol. The molecule has 0 atom stereocenters. The van der Waals surface area contributed by atoms with Crippen LogP contribution in [0.5, 0.6) is 0 Å². The third kappa shape index (κ3) is 3.82. The van der Waals surface area contributed by atoms with Crippen LogP contribution in [0.15, 0.2) is 61.2 Å². The van der Waals surface area contributed by atoms with Crippen molar-refractivity contribution in [1.29, 1.82) is 0 Å². The summed E-state index contributed by atoms with van der Waals surface area (Å²) < 4.78 is 0. The van der Waals surface area contributed by atoms with Crippen LogP contribution in [0.1, 0.15) is 27.9 Å². The Morgan fingerprint density at radius 2 is 1.65 bits per heavy atom. The van der Waals surface area contributed by atoms with Crippen LogP contribution in [-0.4, -0.2) is 12.5 Å². The Morgan fingerprint density at radius 3 is 2.30 bits per heavy atom. The minimum Gasteiger partial charge on any atom is -0.352 e. The fourth-order valence-electron chi connectivity index (χ4n) is 1.95. The maximum atomic E-state index is 11.9. The van der Waals surface area contributed by atoms with Gasteiger partial charge in [-0.2, -0.15) is 0 Å². The summed E-state index contributed by atoms with van der Waals surface area (Å²) in [5.74, 6) is -0.0395. The summed E-state index contributed by atoms with van der Waals surface area (Å²) in [6, 6.07) is 17.5. The molecular weight excluding hydrogens is 246 g/mol. The Hall–Kier alpha value is -2.35. The van der Waals surface area contributed by atoms with Crippen LogP contribution in [0.25, 0.3) is 5.57 Å². The number of carbonyl (C=O) groups is 1. The summed E-state index contributed by atoms with van der Waals surface area (Å²) in [6.07, 6.45) is 0.752. The first-order valence-electron chi connectivity index (χ1n) is 6.75. The van der Waals surface area contributed by atoms with E-state index in [1.807, 2.05) is 30.3 Å². The van der Waals surface area contributed by atoms with Gasteiger partial charge in [-0.25, -0.2) is 0 Å². The Kier molecular flexibility index (Phi) is 4.72. The first-order chi connectivity index (χ1) is 9.66. The van der Waals surface area contributed by atoms with Crippen molar-refractivity contribution in [3.63, 3.8) is 0 Å². The molecule has 0 aromatic heterocycles. The zero-order valence-electron chi connectivity index (χ0n) is 11.7. The van der Waals surface area contributed by atoms with Crippen LogP contribution in [0.2, 0.25) is 0 Å². The predicted octanol–water partition coefficient (Wildman–Crippen LogP) is 3.83. The van der Waals surface area contributed by atoms with E-state index in [0.717, 1.165) is 17.6 Å². The smallest absolute Gasteiger partial charge is 0.251 e. The van der Waals surface area contributed by atoms with Gasteiger partial charge in [0.2, 0.25) is 0 Å². The van der Waals surface area contributed by atoms with Crippen LogP contribution >= 0.6 is 0 Å². The molecule has 2 nitrogen and oxygen atoms in total. The number of hydrogen-bond donors (Lipinski definition) is 1. The fraction of sp³-hybridized carbons (Fsp3) is 0.167. The van der Waals surface area contributed by atoms with Gasteiger partial charge in [-0.1, -0.05) is 54.6 Å². The zero-order chi connectivity index (χ0) is 14.4. The molecule has 0 fully saturated rings. The van der Waals surface area contributed by atoms with Crippen LogP contribution in [0.4, 0.5) is 0 Å². The van der Waals surface area contributed by atoms with E-state index < -0.39 is 0 Å². The van der Waals surface area contributed by atoms with Crippen LogP contribution in [0.3, 0.4) is 0 Å². The molecular formula is C18H19NO. The highest BCUT2D eigenvalue weighted by atomic mass is 16.1.